The van der Waals surface area contributed by atoms with Crippen LogP contribution in [0, 0.1) is 23.1 Å². The highest BCUT2D eigenvalue weighted by Crippen LogP contribution is 2.45. The van der Waals surface area contributed by atoms with Crippen molar-refractivity contribution >= 4 is 39.4 Å². The Balaban J connectivity index is 2.22. The Labute approximate surface area is 234 Å². The number of nitriles is 1. The Morgan fingerprint density at radius 1 is 1.18 bits per heavy atom. The minimum Gasteiger partial charge on any atom is -0.367 e. The Morgan fingerprint density at radius 3 is 2.39 bits per heavy atom. The fraction of sp³-hybridized carbons (Fsp3) is 0.500. The van der Waals surface area contributed by atoms with Crippen LogP contribution in [0.15, 0.2) is 42.5 Å². The summed E-state index contributed by atoms with van der Waals surface area (Å²) >= 11 is 12.3. The van der Waals surface area contributed by atoms with Crippen LogP contribution in [0.25, 0.3) is 0 Å². The zero-order valence-electron chi connectivity index (χ0n) is 21.9. The molecule has 1 aliphatic carbocycles. The van der Waals surface area contributed by atoms with E-state index in [0.717, 1.165) is 12.8 Å². The van der Waals surface area contributed by atoms with Crippen LogP contribution in [-0.2, 0) is 19.4 Å². The van der Waals surface area contributed by atoms with Gasteiger partial charge in [0.25, 0.3) is 0 Å². The first kappa shape index (κ1) is 30.4. The average Bonchev–Trinajstić information content (AvgIpc) is 3.67. The molecule has 0 spiro atoms. The molecule has 1 saturated carbocycles. The third-order valence-electron chi connectivity index (χ3n) is 6.82. The van der Waals surface area contributed by atoms with E-state index < -0.39 is 44.7 Å². The van der Waals surface area contributed by atoms with E-state index in [2.05, 4.69) is 6.07 Å². The second-order valence-corrected chi connectivity index (χ2v) is 14.4. The molecular weight excluding hydrogens is 550 g/mol. The van der Waals surface area contributed by atoms with Crippen molar-refractivity contribution in [3.8, 4) is 6.07 Å². The first-order chi connectivity index (χ1) is 17.8. The maximum Gasteiger partial charge on any atom is 0.210 e. The smallest absolute Gasteiger partial charge is 0.210 e. The van der Waals surface area contributed by atoms with Gasteiger partial charge in [0.15, 0.2) is 9.84 Å². The summed E-state index contributed by atoms with van der Waals surface area (Å²) in [6, 6.07) is 11.6. The number of sulfone groups is 1. The van der Waals surface area contributed by atoms with Gasteiger partial charge in [-0.3, -0.25) is 4.79 Å². The van der Waals surface area contributed by atoms with Crippen LogP contribution in [0.1, 0.15) is 70.2 Å². The molecule has 1 fully saturated rings. The quantitative estimate of drug-likeness (QED) is 0.260. The number of benzene rings is 2. The lowest BCUT2D eigenvalue weighted by molar-refractivity contribution is -0.130. The van der Waals surface area contributed by atoms with Gasteiger partial charge in [-0.05, 0) is 81.8 Å². The third-order valence-corrected chi connectivity index (χ3v) is 10.0. The molecule has 4 unspecified atom stereocenters. The maximum absolute atomic E-state index is 14.8. The topological polar surface area (TPSA) is 87.5 Å². The number of hydrogen-bond acceptors (Lipinski definition) is 5. The van der Waals surface area contributed by atoms with Crippen molar-refractivity contribution in [2.45, 2.75) is 76.0 Å². The Hall–Kier alpha value is -2.18. The van der Waals surface area contributed by atoms with Crippen LogP contribution in [0.5, 0.6) is 0 Å². The van der Waals surface area contributed by atoms with Crippen molar-refractivity contribution in [1.82, 2.24) is 4.90 Å². The van der Waals surface area contributed by atoms with E-state index in [0.29, 0.717) is 22.6 Å². The van der Waals surface area contributed by atoms with Gasteiger partial charge in [0.1, 0.15) is 11.9 Å². The van der Waals surface area contributed by atoms with Crippen molar-refractivity contribution < 1.29 is 22.3 Å². The molecule has 38 heavy (non-hydrogen) atoms. The summed E-state index contributed by atoms with van der Waals surface area (Å²) in [6.07, 6.45) is 0.794. The lowest BCUT2D eigenvalue weighted by Crippen LogP contribution is -2.48. The Morgan fingerprint density at radius 2 is 1.87 bits per heavy atom. The highest BCUT2D eigenvalue weighted by molar-refractivity contribution is 7.92. The molecule has 6 nitrogen and oxygen atoms in total. The van der Waals surface area contributed by atoms with Gasteiger partial charge in [0.05, 0.1) is 40.2 Å². The van der Waals surface area contributed by atoms with E-state index in [1.54, 1.807) is 58.0 Å². The van der Waals surface area contributed by atoms with Gasteiger partial charge >= 0.3 is 0 Å². The minimum atomic E-state index is -3.62. The second-order valence-electron chi connectivity index (χ2n) is 10.8. The monoisotopic (exact) mass is 582 g/mol. The van der Waals surface area contributed by atoms with E-state index in [4.69, 9.17) is 27.9 Å². The molecule has 2 aromatic rings. The molecular formula is C28H33Cl2FN2O4S. The standard InChI is InChI=1S/C28H33Cl2FN2O4S/c1-18(12-13-32)37-27(21-6-5-7-22(29)14-21)26(20-10-11-23(30)24(31)15-20)33(17-34)25(19-8-9-19)16-38(35,36)28(2,3)4/h5-7,10-11,14-15,17-19,25-27H,8-9,12,16H2,1-4H3. The fourth-order valence-electron chi connectivity index (χ4n) is 4.42. The molecule has 0 bridgehead atoms. The molecule has 4 atom stereocenters. The minimum absolute atomic E-state index is 0.0338. The summed E-state index contributed by atoms with van der Waals surface area (Å²) in [5, 5.41) is 9.61. The fourth-order valence-corrected chi connectivity index (χ4v) is 6.13. The second kappa shape index (κ2) is 12.3. The molecule has 10 heteroatoms. The molecule has 206 valence electrons. The number of hydrogen-bond donors (Lipinski definition) is 0. The molecule has 0 aliphatic heterocycles. The molecule has 1 amide bonds. The molecule has 3 rings (SSSR count). The zero-order chi connectivity index (χ0) is 28.3. The predicted molar refractivity (Wildman–Crippen MR) is 147 cm³/mol. The number of carbonyl (C=O) groups is 1. The van der Waals surface area contributed by atoms with Gasteiger partial charge in [-0.2, -0.15) is 5.26 Å². The Bertz CT molecular complexity index is 1290. The molecule has 0 heterocycles. The van der Waals surface area contributed by atoms with Gasteiger partial charge in [0, 0.05) is 11.1 Å². The number of ether oxygens (including phenoxy) is 1. The van der Waals surface area contributed by atoms with E-state index in [1.165, 1.54) is 17.0 Å². The van der Waals surface area contributed by atoms with Crippen LogP contribution < -0.4 is 0 Å². The normalized spacial score (nSPS) is 17.2. The molecule has 1 aliphatic rings. The summed E-state index contributed by atoms with van der Waals surface area (Å²) in [5.74, 6) is -0.962. The zero-order valence-corrected chi connectivity index (χ0v) is 24.2. The SMILES string of the molecule is CC(CC#N)OC(c1cccc(Cl)c1)C(c1ccc(Cl)c(F)c1)N(C=O)C(CS(=O)(=O)C(C)(C)C)C1CC1. The summed E-state index contributed by atoms with van der Waals surface area (Å²) in [4.78, 5) is 14.3. The highest BCUT2D eigenvalue weighted by atomic mass is 35.5. The Kier molecular flexibility index (Phi) is 9.86. The van der Waals surface area contributed by atoms with Crippen LogP contribution in [0.2, 0.25) is 10.0 Å². The molecule has 0 saturated heterocycles. The van der Waals surface area contributed by atoms with Crippen molar-refractivity contribution in [2.75, 3.05) is 5.75 Å². The summed E-state index contributed by atoms with van der Waals surface area (Å²) < 4.78 is 46.7. The van der Waals surface area contributed by atoms with Gasteiger partial charge in [-0.15, -0.1) is 0 Å². The lowest BCUT2D eigenvalue weighted by Gasteiger charge is -2.41. The largest absolute Gasteiger partial charge is 0.367 e. The molecule has 0 N–H and O–H groups in total. The van der Waals surface area contributed by atoms with Crippen LogP contribution in [0.4, 0.5) is 4.39 Å². The van der Waals surface area contributed by atoms with Gasteiger partial charge < -0.3 is 9.64 Å². The summed E-state index contributed by atoms with van der Waals surface area (Å²) in [5.41, 5.74) is 0.981. The number of carbonyl (C=O) groups excluding carboxylic acids is 1. The molecule has 2 aromatic carbocycles. The number of halogens is 3. The van der Waals surface area contributed by atoms with Crippen molar-refractivity contribution in [1.29, 1.82) is 5.26 Å². The third kappa shape index (κ3) is 7.26. The van der Waals surface area contributed by atoms with Crippen LogP contribution in [0.3, 0.4) is 0 Å². The lowest BCUT2D eigenvalue weighted by atomic mass is 9.92. The van der Waals surface area contributed by atoms with E-state index in [-0.39, 0.29) is 23.1 Å². The first-order valence-corrected chi connectivity index (χ1v) is 14.9. The number of amides is 1. The molecule has 0 radical (unpaired) electrons. The maximum atomic E-state index is 14.8. The molecule has 0 aromatic heterocycles. The average molecular weight is 584 g/mol. The predicted octanol–water partition coefficient (Wildman–Crippen LogP) is 6.68. The summed E-state index contributed by atoms with van der Waals surface area (Å²) in [7, 11) is -3.62. The number of rotatable bonds is 12. The van der Waals surface area contributed by atoms with Crippen molar-refractivity contribution in [3.05, 3.63) is 69.5 Å². The van der Waals surface area contributed by atoms with Crippen molar-refractivity contribution in [2.24, 2.45) is 5.92 Å². The van der Waals surface area contributed by atoms with E-state index in [1.807, 2.05) is 0 Å². The van der Waals surface area contributed by atoms with Crippen LogP contribution in [-0.4, -0.2) is 42.4 Å². The summed E-state index contributed by atoms with van der Waals surface area (Å²) in [6.45, 7) is 6.62. The van der Waals surface area contributed by atoms with E-state index in [9.17, 15) is 22.9 Å². The van der Waals surface area contributed by atoms with Gasteiger partial charge in [-0.25, -0.2) is 12.8 Å². The van der Waals surface area contributed by atoms with E-state index >= 15 is 0 Å². The van der Waals surface area contributed by atoms with Gasteiger partial charge in [0.2, 0.25) is 6.41 Å². The number of nitrogens with zero attached hydrogens (tertiary/aromatic N) is 2. The van der Waals surface area contributed by atoms with Crippen LogP contribution >= 0.6 is 23.2 Å². The van der Waals surface area contributed by atoms with Crippen molar-refractivity contribution in [3.63, 3.8) is 0 Å². The highest BCUT2D eigenvalue weighted by Gasteiger charge is 2.45. The van der Waals surface area contributed by atoms with Gasteiger partial charge in [-0.1, -0.05) is 41.4 Å². The first-order valence-electron chi connectivity index (χ1n) is 12.5.